The minimum absolute atomic E-state index is 0.166. The van der Waals surface area contributed by atoms with Gasteiger partial charge >= 0.3 is 0 Å². The van der Waals surface area contributed by atoms with Gasteiger partial charge in [0, 0.05) is 44.1 Å². The van der Waals surface area contributed by atoms with Crippen LogP contribution in [-0.4, -0.2) is 39.5 Å². The van der Waals surface area contributed by atoms with Gasteiger partial charge in [0.15, 0.2) is 0 Å². The first kappa shape index (κ1) is 14.8. The monoisotopic (exact) mass is 316 g/mol. The van der Waals surface area contributed by atoms with Crippen molar-refractivity contribution in [3.05, 3.63) is 46.3 Å². The van der Waals surface area contributed by atoms with Gasteiger partial charge in [-0.1, -0.05) is 12.8 Å². The van der Waals surface area contributed by atoms with E-state index in [9.17, 15) is 9.18 Å². The van der Waals surface area contributed by atoms with Crippen molar-refractivity contribution in [2.45, 2.75) is 37.8 Å². The molecular formula is C17H21FN4O. The highest BCUT2D eigenvalue weighted by molar-refractivity contribution is 5.38. The van der Waals surface area contributed by atoms with Gasteiger partial charge in [-0.05, 0) is 25.0 Å². The van der Waals surface area contributed by atoms with Crippen molar-refractivity contribution < 1.29 is 4.39 Å². The maximum absolute atomic E-state index is 13.4. The van der Waals surface area contributed by atoms with E-state index in [0.717, 1.165) is 19.6 Å². The maximum atomic E-state index is 13.4. The van der Waals surface area contributed by atoms with Gasteiger partial charge in [-0.3, -0.25) is 14.1 Å². The fraction of sp³-hybridized carbons (Fsp3) is 0.529. The molecule has 0 unspecified atom stereocenters. The van der Waals surface area contributed by atoms with E-state index < -0.39 is 5.82 Å². The molecule has 122 valence electrons. The molecule has 3 heterocycles. The molecule has 0 amide bonds. The van der Waals surface area contributed by atoms with Gasteiger partial charge in [-0.25, -0.2) is 9.37 Å². The first-order chi connectivity index (χ1) is 11.2. The zero-order chi connectivity index (χ0) is 15.9. The highest BCUT2D eigenvalue weighted by Gasteiger charge is 2.41. The zero-order valence-corrected chi connectivity index (χ0v) is 13.1. The Morgan fingerprint density at radius 1 is 1.30 bits per heavy atom. The van der Waals surface area contributed by atoms with Gasteiger partial charge in [0.25, 0.3) is 5.56 Å². The van der Waals surface area contributed by atoms with Crippen molar-refractivity contribution in [2.75, 3.05) is 19.6 Å². The molecule has 1 spiro atoms. The summed E-state index contributed by atoms with van der Waals surface area (Å²) >= 11 is 0. The Kier molecular flexibility index (Phi) is 3.66. The number of fused-ring (bicyclic) bond motifs is 1. The molecule has 2 aromatic rings. The van der Waals surface area contributed by atoms with Crippen molar-refractivity contribution in [2.24, 2.45) is 0 Å². The predicted octanol–water partition coefficient (Wildman–Crippen LogP) is 1.55. The molecule has 1 aliphatic carbocycles. The van der Waals surface area contributed by atoms with E-state index in [1.54, 1.807) is 6.20 Å². The Bertz CT molecular complexity index is 782. The fourth-order valence-electron chi connectivity index (χ4n) is 4.06. The molecule has 2 aliphatic rings. The molecule has 1 N–H and O–H groups in total. The Hall–Kier alpha value is -1.79. The molecule has 0 radical (unpaired) electrons. The summed E-state index contributed by atoms with van der Waals surface area (Å²) in [4.78, 5) is 19.4. The largest absolute Gasteiger partial charge is 0.314 e. The molecule has 6 heteroatoms. The van der Waals surface area contributed by atoms with Crippen LogP contribution in [0.2, 0.25) is 0 Å². The van der Waals surface area contributed by atoms with E-state index in [0.29, 0.717) is 17.8 Å². The molecule has 5 nitrogen and oxygen atoms in total. The van der Waals surface area contributed by atoms with E-state index in [-0.39, 0.29) is 11.1 Å². The Morgan fingerprint density at radius 2 is 2.13 bits per heavy atom. The number of aromatic nitrogens is 2. The van der Waals surface area contributed by atoms with Crippen molar-refractivity contribution in [1.29, 1.82) is 0 Å². The number of hydrogen-bond donors (Lipinski definition) is 1. The van der Waals surface area contributed by atoms with Crippen LogP contribution in [0, 0.1) is 5.82 Å². The van der Waals surface area contributed by atoms with Crippen LogP contribution in [0.5, 0.6) is 0 Å². The number of pyridine rings is 1. The minimum atomic E-state index is -0.423. The van der Waals surface area contributed by atoms with E-state index in [1.165, 1.54) is 48.4 Å². The summed E-state index contributed by atoms with van der Waals surface area (Å²) < 4.78 is 14.8. The topological polar surface area (TPSA) is 49.6 Å². The number of nitrogens with zero attached hydrogens (tertiary/aromatic N) is 3. The number of halogens is 1. The third-order valence-electron chi connectivity index (χ3n) is 5.32. The van der Waals surface area contributed by atoms with Crippen LogP contribution >= 0.6 is 0 Å². The van der Waals surface area contributed by atoms with Crippen LogP contribution in [0.3, 0.4) is 0 Å². The molecule has 1 aliphatic heterocycles. The molecule has 0 bridgehead atoms. The predicted molar refractivity (Wildman–Crippen MR) is 85.9 cm³/mol. The second-order valence-corrected chi connectivity index (χ2v) is 6.69. The minimum Gasteiger partial charge on any atom is -0.314 e. The van der Waals surface area contributed by atoms with Gasteiger partial charge < -0.3 is 5.32 Å². The quantitative estimate of drug-likeness (QED) is 0.913. The van der Waals surface area contributed by atoms with Crippen LogP contribution in [0.25, 0.3) is 5.65 Å². The van der Waals surface area contributed by atoms with Crippen molar-refractivity contribution in [1.82, 2.24) is 19.6 Å². The molecule has 0 aromatic carbocycles. The normalized spacial score (nSPS) is 21.3. The fourth-order valence-corrected chi connectivity index (χ4v) is 4.06. The van der Waals surface area contributed by atoms with Gasteiger partial charge in [0.1, 0.15) is 11.5 Å². The standard InChI is InChI=1S/C17H21FN4O/c18-14-3-4-15-20-9-13(16(23)22(15)11-14)10-21-8-7-19-12-17(21)5-1-2-6-17/h3-4,9,11,19H,1-2,5-8,10,12H2. The van der Waals surface area contributed by atoms with E-state index in [1.807, 2.05) is 0 Å². The SMILES string of the molecule is O=c1c(CN2CCNCC23CCCC3)cnc2ccc(F)cn12. The van der Waals surface area contributed by atoms with Crippen LogP contribution in [0.4, 0.5) is 4.39 Å². The molecule has 23 heavy (non-hydrogen) atoms. The second kappa shape index (κ2) is 5.69. The lowest BCUT2D eigenvalue weighted by Crippen LogP contribution is -2.59. The van der Waals surface area contributed by atoms with Crippen LogP contribution < -0.4 is 10.9 Å². The van der Waals surface area contributed by atoms with Gasteiger partial charge in [-0.2, -0.15) is 0 Å². The van der Waals surface area contributed by atoms with Gasteiger partial charge in [0.2, 0.25) is 0 Å². The van der Waals surface area contributed by atoms with Crippen LogP contribution in [0.1, 0.15) is 31.2 Å². The molecule has 2 fully saturated rings. The summed E-state index contributed by atoms with van der Waals surface area (Å²) in [5, 5.41) is 3.49. The summed E-state index contributed by atoms with van der Waals surface area (Å²) in [5.41, 5.74) is 1.13. The molecular weight excluding hydrogens is 295 g/mol. The molecule has 2 aromatic heterocycles. The first-order valence-corrected chi connectivity index (χ1v) is 8.30. The average Bonchev–Trinajstić information content (AvgIpc) is 3.02. The number of hydrogen-bond acceptors (Lipinski definition) is 4. The van der Waals surface area contributed by atoms with Crippen molar-refractivity contribution >= 4 is 5.65 Å². The van der Waals surface area contributed by atoms with Crippen molar-refractivity contribution in [3.8, 4) is 0 Å². The number of piperazine rings is 1. The van der Waals surface area contributed by atoms with Gasteiger partial charge in [0.05, 0.1) is 5.56 Å². The number of nitrogens with one attached hydrogen (secondary N) is 1. The Labute approximate surface area is 134 Å². The smallest absolute Gasteiger partial charge is 0.262 e. The molecule has 1 saturated heterocycles. The highest BCUT2D eigenvalue weighted by atomic mass is 19.1. The van der Waals surface area contributed by atoms with Crippen LogP contribution in [0.15, 0.2) is 29.3 Å². The third-order valence-corrected chi connectivity index (χ3v) is 5.32. The first-order valence-electron chi connectivity index (χ1n) is 8.30. The zero-order valence-electron chi connectivity index (χ0n) is 13.1. The summed E-state index contributed by atoms with van der Waals surface area (Å²) in [6, 6.07) is 2.86. The lowest BCUT2D eigenvalue weighted by molar-refractivity contribution is 0.0567. The summed E-state index contributed by atoms with van der Waals surface area (Å²) in [6.45, 7) is 3.46. The lowest BCUT2D eigenvalue weighted by atomic mass is 9.92. The third kappa shape index (κ3) is 2.56. The Balaban J connectivity index is 1.69. The maximum Gasteiger partial charge on any atom is 0.262 e. The van der Waals surface area contributed by atoms with E-state index in [4.69, 9.17) is 0 Å². The second-order valence-electron chi connectivity index (χ2n) is 6.69. The lowest BCUT2D eigenvalue weighted by Gasteiger charge is -2.45. The summed E-state index contributed by atoms with van der Waals surface area (Å²) in [6.07, 6.45) is 7.72. The Morgan fingerprint density at radius 3 is 2.96 bits per heavy atom. The summed E-state index contributed by atoms with van der Waals surface area (Å²) in [5.74, 6) is -0.423. The average molecular weight is 316 g/mol. The molecule has 1 saturated carbocycles. The van der Waals surface area contributed by atoms with Crippen LogP contribution in [-0.2, 0) is 6.54 Å². The highest BCUT2D eigenvalue weighted by Crippen LogP contribution is 2.36. The van der Waals surface area contributed by atoms with Gasteiger partial charge in [-0.15, -0.1) is 0 Å². The molecule has 4 rings (SSSR count). The van der Waals surface area contributed by atoms with Crippen molar-refractivity contribution in [3.63, 3.8) is 0 Å². The molecule has 0 atom stereocenters. The number of rotatable bonds is 2. The summed E-state index contributed by atoms with van der Waals surface area (Å²) in [7, 11) is 0. The van der Waals surface area contributed by atoms with E-state index in [2.05, 4.69) is 15.2 Å². The van der Waals surface area contributed by atoms with E-state index >= 15 is 0 Å².